The topological polar surface area (TPSA) is 29.3 Å². The second kappa shape index (κ2) is 6.27. The van der Waals surface area contributed by atoms with Crippen LogP contribution < -0.4 is 5.73 Å². The van der Waals surface area contributed by atoms with E-state index < -0.39 is 6.43 Å². The van der Waals surface area contributed by atoms with Gasteiger partial charge in [0.2, 0.25) is 0 Å². The molecule has 2 N–H and O–H groups in total. The van der Waals surface area contributed by atoms with E-state index in [0.29, 0.717) is 12.5 Å². The van der Waals surface area contributed by atoms with Crippen LogP contribution >= 0.6 is 0 Å². The first-order valence-electron chi connectivity index (χ1n) is 4.64. The first kappa shape index (κ1) is 12.8. The maximum atomic E-state index is 11.9. The molecular weight excluding hydrogens is 174 g/mol. The molecule has 1 atom stereocenters. The molecule has 0 aliphatic carbocycles. The Bertz CT molecular complexity index is 115. The van der Waals surface area contributed by atoms with Crippen molar-refractivity contribution in [2.75, 3.05) is 20.1 Å². The summed E-state index contributed by atoms with van der Waals surface area (Å²) in [7, 11) is 1.67. The van der Waals surface area contributed by atoms with Gasteiger partial charge in [-0.25, -0.2) is 8.78 Å². The van der Waals surface area contributed by atoms with Gasteiger partial charge < -0.3 is 5.73 Å². The van der Waals surface area contributed by atoms with Crippen LogP contribution in [0.5, 0.6) is 0 Å². The Morgan fingerprint density at radius 3 is 2.15 bits per heavy atom. The van der Waals surface area contributed by atoms with E-state index in [1.807, 2.05) is 0 Å². The number of alkyl halides is 2. The molecule has 0 bridgehead atoms. The molecule has 0 fully saturated rings. The summed E-state index contributed by atoms with van der Waals surface area (Å²) >= 11 is 0. The third kappa shape index (κ3) is 8.12. The van der Waals surface area contributed by atoms with Crippen LogP contribution in [0, 0.1) is 5.92 Å². The molecule has 2 nitrogen and oxygen atoms in total. The highest BCUT2D eigenvalue weighted by atomic mass is 19.3. The van der Waals surface area contributed by atoms with E-state index in [1.54, 1.807) is 11.9 Å². The quantitative estimate of drug-likeness (QED) is 0.695. The Labute approximate surface area is 79.1 Å². The van der Waals surface area contributed by atoms with Crippen molar-refractivity contribution in [2.24, 2.45) is 11.7 Å². The van der Waals surface area contributed by atoms with Gasteiger partial charge in [-0.3, -0.25) is 4.90 Å². The van der Waals surface area contributed by atoms with Crippen LogP contribution in [-0.2, 0) is 0 Å². The zero-order chi connectivity index (χ0) is 10.4. The largest absolute Gasteiger partial charge is 0.327 e. The Morgan fingerprint density at radius 1 is 1.23 bits per heavy atom. The molecular formula is C9H20F2N2. The number of nitrogens with two attached hydrogens (primary N) is 1. The minimum absolute atomic E-state index is 0.00347. The third-order valence-electron chi connectivity index (χ3n) is 1.77. The molecule has 13 heavy (non-hydrogen) atoms. The lowest BCUT2D eigenvalue weighted by Gasteiger charge is -2.21. The molecule has 1 unspecified atom stereocenters. The second-order valence-corrected chi connectivity index (χ2v) is 4.00. The monoisotopic (exact) mass is 194 g/mol. The highest BCUT2D eigenvalue weighted by Crippen LogP contribution is 2.04. The summed E-state index contributed by atoms with van der Waals surface area (Å²) < 4.78 is 23.8. The summed E-state index contributed by atoms with van der Waals surface area (Å²) in [6.07, 6.45) is -1.38. The standard InChI is InChI=1S/C9H20F2N2/c1-7(2)4-8(12)5-13(3)6-9(10)11/h7-9H,4-6,12H2,1-3H3. The second-order valence-electron chi connectivity index (χ2n) is 4.00. The molecule has 0 heterocycles. The van der Waals surface area contributed by atoms with Crippen LogP contribution in [0.1, 0.15) is 20.3 Å². The fourth-order valence-electron chi connectivity index (χ4n) is 1.39. The van der Waals surface area contributed by atoms with E-state index in [2.05, 4.69) is 13.8 Å². The van der Waals surface area contributed by atoms with E-state index in [-0.39, 0.29) is 12.6 Å². The van der Waals surface area contributed by atoms with Gasteiger partial charge in [-0.2, -0.15) is 0 Å². The van der Waals surface area contributed by atoms with Crippen molar-refractivity contribution < 1.29 is 8.78 Å². The summed E-state index contributed by atoms with van der Waals surface area (Å²) in [5, 5.41) is 0. The van der Waals surface area contributed by atoms with Crippen molar-refractivity contribution in [1.29, 1.82) is 0 Å². The Hall–Kier alpha value is -0.220. The zero-order valence-electron chi connectivity index (χ0n) is 8.63. The van der Waals surface area contributed by atoms with Crippen molar-refractivity contribution in [3.63, 3.8) is 0 Å². The van der Waals surface area contributed by atoms with E-state index in [9.17, 15) is 8.78 Å². The molecule has 4 heteroatoms. The number of halogens is 2. The summed E-state index contributed by atoms with van der Waals surface area (Å²) in [6, 6.07) is 0.00347. The molecule has 80 valence electrons. The Kier molecular flexibility index (Phi) is 6.16. The van der Waals surface area contributed by atoms with Crippen molar-refractivity contribution in [2.45, 2.75) is 32.7 Å². The van der Waals surface area contributed by atoms with E-state index in [0.717, 1.165) is 6.42 Å². The smallest absolute Gasteiger partial charge is 0.251 e. The lowest BCUT2D eigenvalue weighted by Crippen LogP contribution is -2.38. The molecule has 0 aliphatic rings. The van der Waals surface area contributed by atoms with Gasteiger partial charge in [-0.15, -0.1) is 0 Å². The molecule has 0 aromatic rings. The van der Waals surface area contributed by atoms with Gasteiger partial charge in [0.05, 0.1) is 6.54 Å². The number of nitrogens with zero attached hydrogens (tertiary/aromatic N) is 1. The van der Waals surface area contributed by atoms with Crippen LogP contribution in [0.4, 0.5) is 8.78 Å². The van der Waals surface area contributed by atoms with Crippen LogP contribution in [-0.4, -0.2) is 37.5 Å². The molecule has 0 radical (unpaired) electrons. The van der Waals surface area contributed by atoms with Gasteiger partial charge in [0.25, 0.3) is 6.43 Å². The summed E-state index contributed by atoms with van der Waals surface area (Å²) in [5.41, 5.74) is 5.76. The van der Waals surface area contributed by atoms with E-state index in [1.165, 1.54) is 0 Å². The predicted molar refractivity (Wildman–Crippen MR) is 50.9 cm³/mol. The van der Waals surface area contributed by atoms with Gasteiger partial charge in [0, 0.05) is 12.6 Å². The summed E-state index contributed by atoms with van der Waals surface area (Å²) in [5.74, 6) is 0.523. The normalized spacial score (nSPS) is 14.5. The van der Waals surface area contributed by atoms with Crippen molar-refractivity contribution in [1.82, 2.24) is 4.90 Å². The highest BCUT2D eigenvalue weighted by molar-refractivity contribution is 4.68. The first-order valence-corrected chi connectivity index (χ1v) is 4.64. The van der Waals surface area contributed by atoms with Crippen LogP contribution in [0.15, 0.2) is 0 Å². The number of likely N-dealkylation sites (N-methyl/N-ethyl adjacent to an activating group) is 1. The summed E-state index contributed by atoms with van der Waals surface area (Å²) in [6.45, 7) is 4.51. The molecule has 0 amide bonds. The van der Waals surface area contributed by atoms with E-state index in [4.69, 9.17) is 5.73 Å². The minimum Gasteiger partial charge on any atom is -0.327 e. The van der Waals surface area contributed by atoms with Crippen LogP contribution in [0.2, 0.25) is 0 Å². The number of rotatable bonds is 6. The van der Waals surface area contributed by atoms with Crippen LogP contribution in [0.3, 0.4) is 0 Å². The Morgan fingerprint density at radius 2 is 1.77 bits per heavy atom. The predicted octanol–water partition coefficient (Wildman–Crippen LogP) is 1.56. The first-order chi connectivity index (χ1) is 5.91. The van der Waals surface area contributed by atoms with Crippen molar-refractivity contribution in [3.05, 3.63) is 0 Å². The van der Waals surface area contributed by atoms with Gasteiger partial charge in [0.1, 0.15) is 0 Å². The third-order valence-corrected chi connectivity index (χ3v) is 1.77. The molecule has 0 aromatic heterocycles. The van der Waals surface area contributed by atoms with Gasteiger partial charge in [0.15, 0.2) is 0 Å². The molecule has 0 saturated heterocycles. The van der Waals surface area contributed by atoms with Crippen molar-refractivity contribution in [3.8, 4) is 0 Å². The molecule has 0 spiro atoms. The molecule has 0 aromatic carbocycles. The molecule has 0 rings (SSSR count). The van der Waals surface area contributed by atoms with Crippen LogP contribution in [0.25, 0.3) is 0 Å². The number of hydrogen-bond donors (Lipinski definition) is 1. The van der Waals surface area contributed by atoms with Gasteiger partial charge in [-0.05, 0) is 19.4 Å². The lowest BCUT2D eigenvalue weighted by atomic mass is 10.0. The van der Waals surface area contributed by atoms with Gasteiger partial charge in [-0.1, -0.05) is 13.8 Å². The molecule has 0 aliphatic heterocycles. The maximum absolute atomic E-state index is 11.9. The summed E-state index contributed by atoms with van der Waals surface area (Å²) in [4.78, 5) is 1.58. The molecule has 0 saturated carbocycles. The SMILES string of the molecule is CC(C)CC(N)CN(C)CC(F)F. The fourth-order valence-corrected chi connectivity index (χ4v) is 1.39. The van der Waals surface area contributed by atoms with Gasteiger partial charge >= 0.3 is 0 Å². The lowest BCUT2D eigenvalue weighted by molar-refractivity contribution is 0.0968. The minimum atomic E-state index is -2.27. The maximum Gasteiger partial charge on any atom is 0.251 e. The fraction of sp³-hybridized carbons (Fsp3) is 1.00. The average molecular weight is 194 g/mol. The zero-order valence-corrected chi connectivity index (χ0v) is 8.63. The van der Waals surface area contributed by atoms with Crippen molar-refractivity contribution >= 4 is 0 Å². The average Bonchev–Trinajstić information content (AvgIpc) is 1.80. The Balaban J connectivity index is 3.58. The number of hydrogen-bond acceptors (Lipinski definition) is 2. The van der Waals surface area contributed by atoms with E-state index >= 15 is 0 Å². The highest BCUT2D eigenvalue weighted by Gasteiger charge is 2.12.